The molecule has 1 aromatic heterocycles. The van der Waals surface area contributed by atoms with E-state index in [1.54, 1.807) is 42.1 Å². The number of nitrogens with zero attached hydrogens (tertiary/aromatic N) is 3. The van der Waals surface area contributed by atoms with E-state index in [2.05, 4.69) is 5.10 Å². The molecule has 0 spiro atoms. The monoisotopic (exact) mass is 273 g/mol. The molecule has 0 atom stereocenters. The van der Waals surface area contributed by atoms with Crippen molar-refractivity contribution in [1.29, 1.82) is 0 Å². The van der Waals surface area contributed by atoms with E-state index < -0.39 is 0 Å². The minimum Gasteiger partial charge on any atom is -0.497 e. The second kappa shape index (κ2) is 5.77. The summed E-state index contributed by atoms with van der Waals surface area (Å²) >= 11 is 0. The molecular weight excluding hydrogens is 254 g/mol. The van der Waals surface area contributed by atoms with Crippen LogP contribution >= 0.6 is 0 Å². The molecule has 5 heteroatoms. The van der Waals surface area contributed by atoms with Crippen LogP contribution in [0.3, 0.4) is 0 Å². The molecule has 0 aliphatic rings. The van der Waals surface area contributed by atoms with Gasteiger partial charge in [0, 0.05) is 37.5 Å². The zero-order chi connectivity index (χ0) is 14.7. The summed E-state index contributed by atoms with van der Waals surface area (Å²) in [7, 11) is 5.27. The third kappa shape index (κ3) is 2.82. The molecule has 0 bridgehead atoms. The molecule has 2 rings (SSSR count). The number of rotatable bonds is 4. The number of aryl methyl sites for hydroxylation is 1. The van der Waals surface area contributed by atoms with Gasteiger partial charge >= 0.3 is 0 Å². The smallest absolute Gasteiger partial charge is 0.254 e. The molecule has 0 aliphatic carbocycles. The van der Waals surface area contributed by atoms with E-state index in [0.29, 0.717) is 17.9 Å². The average molecular weight is 273 g/mol. The summed E-state index contributed by atoms with van der Waals surface area (Å²) in [6, 6.07) is 7.17. The van der Waals surface area contributed by atoms with Crippen LogP contribution in [0.15, 0.2) is 30.5 Å². The Morgan fingerprint density at radius 1 is 1.45 bits per heavy atom. The van der Waals surface area contributed by atoms with Gasteiger partial charge < -0.3 is 9.64 Å². The lowest BCUT2D eigenvalue weighted by Gasteiger charge is -2.17. The molecule has 0 N–H and O–H groups in total. The molecule has 0 aliphatic heterocycles. The summed E-state index contributed by atoms with van der Waals surface area (Å²) in [6.45, 7) is 2.53. The number of hydrogen-bond donors (Lipinski definition) is 0. The maximum absolute atomic E-state index is 12.4. The molecule has 0 radical (unpaired) electrons. The predicted molar refractivity (Wildman–Crippen MR) is 76.7 cm³/mol. The van der Waals surface area contributed by atoms with E-state index in [0.717, 1.165) is 11.3 Å². The van der Waals surface area contributed by atoms with Crippen molar-refractivity contribution in [3.63, 3.8) is 0 Å². The van der Waals surface area contributed by atoms with E-state index >= 15 is 0 Å². The van der Waals surface area contributed by atoms with Crippen LogP contribution in [0.25, 0.3) is 0 Å². The Bertz CT molecular complexity index is 619. The van der Waals surface area contributed by atoms with Crippen LogP contribution in [-0.4, -0.2) is 34.7 Å². The quantitative estimate of drug-likeness (QED) is 0.856. The molecule has 0 fully saturated rings. The normalized spacial score (nSPS) is 10.4. The van der Waals surface area contributed by atoms with E-state index in [1.165, 1.54) is 0 Å². The van der Waals surface area contributed by atoms with E-state index in [9.17, 15) is 4.79 Å². The fourth-order valence-corrected chi connectivity index (χ4v) is 2.00. The van der Waals surface area contributed by atoms with Gasteiger partial charge in [0.15, 0.2) is 0 Å². The van der Waals surface area contributed by atoms with Crippen molar-refractivity contribution in [3.05, 3.63) is 47.3 Å². The van der Waals surface area contributed by atoms with Crippen molar-refractivity contribution in [2.45, 2.75) is 13.5 Å². The summed E-state index contributed by atoms with van der Waals surface area (Å²) in [6.07, 6.45) is 1.80. The first kappa shape index (κ1) is 14.1. The number of methoxy groups -OCH3 is 1. The Labute approximate surface area is 118 Å². The number of ether oxygens (including phenoxy) is 1. The number of carbonyl (C=O) groups excluding carboxylic acids is 1. The lowest BCUT2D eigenvalue weighted by Crippen LogP contribution is -2.26. The lowest BCUT2D eigenvalue weighted by atomic mass is 10.1. The van der Waals surface area contributed by atoms with Crippen LogP contribution in [0.5, 0.6) is 5.75 Å². The van der Waals surface area contributed by atoms with Crippen LogP contribution in [0.4, 0.5) is 0 Å². The first-order valence-corrected chi connectivity index (χ1v) is 6.40. The number of carbonyl (C=O) groups is 1. The Hall–Kier alpha value is -2.30. The molecule has 20 heavy (non-hydrogen) atoms. The van der Waals surface area contributed by atoms with Crippen molar-refractivity contribution in [2.75, 3.05) is 14.2 Å². The van der Waals surface area contributed by atoms with Gasteiger partial charge in [-0.3, -0.25) is 9.48 Å². The molecule has 5 nitrogen and oxygen atoms in total. The zero-order valence-electron chi connectivity index (χ0n) is 12.3. The first-order valence-electron chi connectivity index (χ1n) is 6.40. The number of benzene rings is 1. The zero-order valence-corrected chi connectivity index (χ0v) is 12.3. The first-order chi connectivity index (χ1) is 9.52. The minimum atomic E-state index is -0.0350. The Balaban J connectivity index is 2.14. The van der Waals surface area contributed by atoms with E-state index in [1.807, 2.05) is 26.1 Å². The predicted octanol–water partition coefficient (Wildman–Crippen LogP) is 2.01. The molecule has 1 amide bonds. The third-order valence-electron chi connectivity index (χ3n) is 3.41. The largest absolute Gasteiger partial charge is 0.497 e. The van der Waals surface area contributed by atoms with E-state index in [4.69, 9.17) is 4.74 Å². The van der Waals surface area contributed by atoms with Crippen molar-refractivity contribution < 1.29 is 9.53 Å². The molecule has 0 saturated carbocycles. The van der Waals surface area contributed by atoms with Gasteiger partial charge in [-0.2, -0.15) is 5.10 Å². The lowest BCUT2D eigenvalue weighted by molar-refractivity contribution is 0.0784. The van der Waals surface area contributed by atoms with Crippen LogP contribution in [0, 0.1) is 6.92 Å². The van der Waals surface area contributed by atoms with Gasteiger partial charge in [-0.25, -0.2) is 0 Å². The summed E-state index contributed by atoms with van der Waals surface area (Å²) < 4.78 is 6.95. The van der Waals surface area contributed by atoms with Crippen molar-refractivity contribution >= 4 is 5.91 Å². The van der Waals surface area contributed by atoms with Gasteiger partial charge in [0.25, 0.3) is 5.91 Å². The maximum Gasteiger partial charge on any atom is 0.254 e. The molecular formula is C15H19N3O2. The SMILES string of the molecule is COc1cccc(C(=O)N(C)Cc2cnn(C)c2C)c1. The summed E-state index contributed by atoms with van der Waals surface area (Å²) in [5, 5.41) is 4.19. The highest BCUT2D eigenvalue weighted by Gasteiger charge is 2.14. The van der Waals surface area contributed by atoms with Crippen LogP contribution < -0.4 is 4.74 Å². The highest BCUT2D eigenvalue weighted by atomic mass is 16.5. The number of hydrogen-bond acceptors (Lipinski definition) is 3. The van der Waals surface area contributed by atoms with Crippen molar-refractivity contribution in [3.8, 4) is 5.75 Å². The standard InChI is InChI=1S/C15H19N3O2/c1-11-13(9-16-18(11)3)10-17(2)15(19)12-6-5-7-14(8-12)20-4/h5-9H,10H2,1-4H3. The topological polar surface area (TPSA) is 47.4 Å². The van der Waals surface area contributed by atoms with E-state index in [-0.39, 0.29) is 5.91 Å². The molecule has 0 unspecified atom stereocenters. The minimum absolute atomic E-state index is 0.0350. The van der Waals surface area contributed by atoms with Crippen LogP contribution in [0.1, 0.15) is 21.6 Å². The van der Waals surface area contributed by atoms with Gasteiger partial charge in [0.1, 0.15) is 5.75 Å². The molecule has 1 aromatic carbocycles. The number of amides is 1. The number of aromatic nitrogens is 2. The Morgan fingerprint density at radius 2 is 2.20 bits per heavy atom. The highest BCUT2D eigenvalue weighted by molar-refractivity contribution is 5.94. The molecule has 0 saturated heterocycles. The highest BCUT2D eigenvalue weighted by Crippen LogP contribution is 2.16. The Morgan fingerprint density at radius 3 is 2.80 bits per heavy atom. The summed E-state index contributed by atoms with van der Waals surface area (Å²) in [4.78, 5) is 14.1. The van der Waals surface area contributed by atoms with Gasteiger partial charge in [-0.05, 0) is 25.1 Å². The fourth-order valence-electron chi connectivity index (χ4n) is 2.00. The fraction of sp³-hybridized carbons (Fsp3) is 0.333. The average Bonchev–Trinajstić information content (AvgIpc) is 2.78. The molecule has 106 valence electrons. The van der Waals surface area contributed by atoms with Crippen LogP contribution in [-0.2, 0) is 13.6 Å². The van der Waals surface area contributed by atoms with Gasteiger partial charge in [0.2, 0.25) is 0 Å². The van der Waals surface area contributed by atoms with Gasteiger partial charge in [-0.1, -0.05) is 6.07 Å². The maximum atomic E-state index is 12.4. The second-order valence-corrected chi connectivity index (χ2v) is 4.77. The van der Waals surface area contributed by atoms with Gasteiger partial charge in [-0.15, -0.1) is 0 Å². The summed E-state index contributed by atoms with van der Waals surface area (Å²) in [5.74, 6) is 0.647. The summed E-state index contributed by atoms with van der Waals surface area (Å²) in [5.41, 5.74) is 2.73. The van der Waals surface area contributed by atoms with Crippen molar-refractivity contribution in [1.82, 2.24) is 14.7 Å². The third-order valence-corrected chi connectivity index (χ3v) is 3.41. The van der Waals surface area contributed by atoms with Crippen molar-refractivity contribution in [2.24, 2.45) is 7.05 Å². The Kier molecular flexibility index (Phi) is 4.08. The molecule has 1 heterocycles. The molecule has 2 aromatic rings. The second-order valence-electron chi connectivity index (χ2n) is 4.77. The van der Waals surface area contributed by atoms with Gasteiger partial charge in [0.05, 0.1) is 13.3 Å². The van der Waals surface area contributed by atoms with Crippen LogP contribution in [0.2, 0.25) is 0 Å².